The van der Waals surface area contributed by atoms with Gasteiger partial charge in [-0.15, -0.1) is 11.3 Å². The molecular weight excluding hydrogens is 444 g/mol. The molecule has 2 aromatic carbocycles. The molecule has 0 spiro atoms. The lowest BCUT2D eigenvalue weighted by atomic mass is 10.3. The van der Waals surface area contributed by atoms with E-state index in [1.807, 2.05) is 0 Å². The van der Waals surface area contributed by atoms with Crippen molar-refractivity contribution in [2.75, 3.05) is 18.2 Å². The van der Waals surface area contributed by atoms with Gasteiger partial charge >= 0.3 is 0 Å². The number of aromatic nitrogens is 2. The molecule has 31 heavy (non-hydrogen) atoms. The van der Waals surface area contributed by atoms with Gasteiger partial charge < -0.3 is 10.1 Å². The maximum atomic E-state index is 13.8. The quantitative estimate of drug-likeness (QED) is 0.340. The van der Waals surface area contributed by atoms with E-state index in [0.29, 0.717) is 21.7 Å². The molecule has 0 saturated heterocycles. The number of ether oxygens (including phenoxy) is 1. The number of thiophene rings is 1. The Bertz CT molecular complexity index is 1300. The SMILES string of the molecule is COc1ccc(NC(=O)CSc2nc3ccsc3c(=O)n2-c2cc(F)cc(F)c2)cc1. The van der Waals surface area contributed by atoms with Gasteiger partial charge in [0.2, 0.25) is 5.91 Å². The molecule has 6 nitrogen and oxygen atoms in total. The van der Waals surface area contributed by atoms with Crippen molar-refractivity contribution in [1.82, 2.24) is 9.55 Å². The normalized spacial score (nSPS) is 10.9. The number of halogens is 2. The molecule has 0 fully saturated rings. The molecule has 0 atom stereocenters. The van der Waals surface area contributed by atoms with Gasteiger partial charge in [0.1, 0.15) is 22.1 Å². The minimum Gasteiger partial charge on any atom is -0.497 e. The van der Waals surface area contributed by atoms with Gasteiger partial charge in [-0.25, -0.2) is 13.8 Å². The standard InChI is InChI=1S/C21H15F2N3O3S2/c1-29-16-4-2-14(3-5-16)24-18(27)11-31-21-25-17-6-7-30-19(17)20(28)26(21)15-9-12(22)8-13(23)10-15/h2-10H,11H2,1H3,(H,24,27). The molecule has 0 aliphatic heterocycles. The van der Waals surface area contributed by atoms with Crippen LogP contribution in [-0.4, -0.2) is 28.3 Å². The number of methoxy groups -OCH3 is 1. The van der Waals surface area contributed by atoms with E-state index in [2.05, 4.69) is 10.3 Å². The Morgan fingerprint density at radius 1 is 1.16 bits per heavy atom. The monoisotopic (exact) mass is 459 g/mol. The van der Waals surface area contributed by atoms with Gasteiger partial charge in [-0.2, -0.15) is 0 Å². The Balaban J connectivity index is 1.63. The first-order chi connectivity index (χ1) is 14.9. The molecule has 0 aliphatic carbocycles. The number of amides is 1. The van der Waals surface area contributed by atoms with Gasteiger partial charge in [0, 0.05) is 11.8 Å². The lowest BCUT2D eigenvalue weighted by Gasteiger charge is -2.12. The molecular formula is C21H15F2N3O3S2. The van der Waals surface area contributed by atoms with Crippen molar-refractivity contribution in [1.29, 1.82) is 0 Å². The number of rotatable bonds is 6. The predicted molar refractivity (Wildman–Crippen MR) is 117 cm³/mol. The highest BCUT2D eigenvalue weighted by Gasteiger charge is 2.17. The summed E-state index contributed by atoms with van der Waals surface area (Å²) in [6, 6.07) is 11.3. The highest BCUT2D eigenvalue weighted by atomic mass is 32.2. The number of nitrogens with one attached hydrogen (secondary N) is 1. The molecule has 2 heterocycles. The Kier molecular flexibility index (Phi) is 6.01. The summed E-state index contributed by atoms with van der Waals surface area (Å²) in [5.74, 6) is -1.37. The summed E-state index contributed by atoms with van der Waals surface area (Å²) >= 11 is 2.18. The molecule has 1 N–H and O–H groups in total. The van der Waals surface area contributed by atoms with Crippen molar-refractivity contribution in [3.63, 3.8) is 0 Å². The minimum atomic E-state index is -0.818. The van der Waals surface area contributed by atoms with Crippen LogP contribution < -0.4 is 15.6 Å². The van der Waals surface area contributed by atoms with Crippen LogP contribution in [0.25, 0.3) is 15.9 Å². The summed E-state index contributed by atoms with van der Waals surface area (Å²) in [7, 11) is 1.55. The van der Waals surface area contributed by atoms with Crippen LogP contribution in [0.5, 0.6) is 5.75 Å². The molecule has 0 aliphatic rings. The molecule has 1 amide bonds. The predicted octanol–water partition coefficient (Wildman–Crippen LogP) is 4.46. The van der Waals surface area contributed by atoms with Crippen LogP contribution in [0.2, 0.25) is 0 Å². The fourth-order valence-electron chi connectivity index (χ4n) is 2.89. The zero-order chi connectivity index (χ0) is 22.0. The van der Waals surface area contributed by atoms with Crippen LogP contribution >= 0.6 is 23.1 Å². The fourth-order valence-corrected chi connectivity index (χ4v) is 4.46. The first-order valence-corrected chi connectivity index (χ1v) is 10.8. The Hall–Kier alpha value is -3.24. The molecule has 158 valence electrons. The molecule has 10 heteroatoms. The van der Waals surface area contributed by atoms with Gasteiger partial charge in [0.15, 0.2) is 5.16 Å². The summed E-state index contributed by atoms with van der Waals surface area (Å²) in [5.41, 5.74) is 0.588. The number of carbonyl (C=O) groups excluding carboxylic acids is 1. The van der Waals surface area contributed by atoms with E-state index in [4.69, 9.17) is 4.74 Å². The van der Waals surface area contributed by atoms with E-state index in [1.54, 1.807) is 42.8 Å². The second-order valence-corrected chi connectivity index (χ2v) is 8.22. The van der Waals surface area contributed by atoms with Crippen molar-refractivity contribution in [2.45, 2.75) is 5.16 Å². The largest absolute Gasteiger partial charge is 0.497 e. The van der Waals surface area contributed by atoms with Crippen LogP contribution in [0.4, 0.5) is 14.5 Å². The number of benzene rings is 2. The van der Waals surface area contributed by atoms with Crippen LogP contribution in [0.3, 0.4) is 0 Å². The van der Waals surface area contributed by atoms with Crippen molar-refractivity contribution in [3.05, 3.63) is 75.9 Å². The molecule has 4 rings (SSSR count). The van der Waals surface area contributed by atoms with Crippen molar-refractivity contribution >= 4 is 44.9 Å². The van der Waals surface area contributed by atoms with Crippen LogP contribution in [0.15, 0.2) is 63.9 Å². The van der Waals surface area contributed by atoms with Gasteiger partial charge in [0.25, 0.3) is 5.56 Å². The third kappa shape index (κ3) is 4.59. The van der Waals surface area contributed by atoms with E-state index in [0.717, 1.165) is 34.5 Å². The van der Waals surface area contributed by atoms with Gasteiger partial charge in [-0.05, 0) is 47.8 Å². The Morgan fingerprint density at radius 2 is 1.87 bits per heavy atom. The number of nitrogens with zero attached hydrogens (tertiary/aromatic N) is 2. The van der Waals surface area contributed by atoms with Crippen molar-refractivity contribution in [3.8, 4) is 11.4 Å². The first kappa shape index (κ1) is 21.0. The molecule has 4 aromatic rings. The van der Waals surface area contributed by atoms with Crippen molar-refractivity contribution in [2.24, 2.45) is 0 Å². The average molecular weight is 459 g/mol. The Morgan fingerprint density at radius 3 is 2.55 bits per heavy atom. The molecule has 0 bridgehead atoms. The minimum absolute atomic E-state index is 0.00311. The lowest BCUT2D eigenvalue weighted by Crippen LogP contribution is -2.22. The zero-order valence-corrected chi connectivity index (χ0v) is 17.7. The number of anilines is 1. The summed E-state index contributed by atoms with van der Waals surface area (Å²) in [4.78, 5) is 29.8. The molecule has 0 unspecified atom stereocenters. The number of hydrogen-bond donors (Lipinski definition) is 1. The summed E-state index contributed by atoms with van der Waals surface area (Å²) in [6.45, 7) is 0. The van der Waals surface area contributed by atoms with E-state index in [-0.39, 0.29) is 22.5 Å². The second kappa shape index (κ2) is 8.86. The van der Waals surface area contributed by atoms with E-state index >= 15 is 0 Å². The Labute approximate surface area is 183 Å². The van der Waals surface area contributed by atoms with Gasteiger partial charge in [-0.1, -0.05) is 11.8 Å². The summed E-state index contributed by atoms with van der Waals surface area (Å²) < 4.78 is 34.1. The number of thioether (sulfide) groups is 1. The smallest absolute Gasteiger partial charge is 0.276 e. The summed E-state index contributed by atoms with van der Waals surface area (Å²) in [6.07, 6.45) is 0. The third-order valence-electron chi connectivity index (χ3n) is 4.26. The highest BCUT2D eigenvalue weighted by Crippen LogP contribution is 2.25. The highest BCUT2D eigenvalue weighted by molar-refractivity contribution is 7.99. The fraction of sp³-hybridized carbons (Fsp3) is 0.0952. The van der Waals surface area contributed by atoms with Crippen LogP contribution in [0.1, 0.15) is 0 Å². The maximum absolute atomic E-state index is 13.8. The van der Waals surface area contributed by atoms with Crippen LogP contribution in [-0.2, 0) is 4.79 Å². The van der Waals surface area contributed by atoms with E-state index < -0.39 is 17.2 Å². The number of carbonyl (C=O) groups is 1. The van der Waals surface area contributed by atoms with E-state index in [1.165, 1.54) is 11.3 Å². The van der Waals surface area contributed by atoms with E-state index in [9.17, 15) is 18.4 Å². The topological polar surface area (TPSA) is 73.2 Å². The summed E-state index contributed by atoms with van der Waals surface area (Å²) in [5, 5.41) is 4.61. The van der Waals surface area contributed by atoms with Crippen molar-refractivity contribution < 1.29 is 18.3 Å². The number of fused-ring (bicyclic) bond motifs is 1. The zero-order valence-electron chi connectivity index (χ0n) is 16.1. The van der Waals surface area contributed by atoms with Gasteiger partial charge in [-0.3, -0.25) is 14.2 Å². The molecule has 0 saturated carbocycles. The van der Waals surface area contributed by atoms with Gasteiger partial charge in [0.05, 0.1) is 24.1 Å². The second-order valence-electron chi connectivity index (χ2n) is 6.36. The maximum Gasteiger partial charge on any atom is 0.276 e. The first-order valence-electron chi connectivity index (χ1n) is 8.98. The molecule has 2 aromatic heterocycles. The average Bonchev–Trinajstić information content (AvgIpc) is 3.21. The molecule has 0 radical (unpaired) electrons. The third-order valence-corrected chi connectivity index (χ3v) is 6.09. The number of hydrogen-bond acceptors (Lipinski definition) is 6. The lowest BCUT2D eigenvalue weighted by molar-refractivity contribution is -0.113. The van der Waals surface area contributed by atoms with Crippen LogP contribution in [0, 0.1) is 11.6 Å².